The predicted octanol–water partition coefficient (Wildman–Crippen LogP) is 6.27. The molecule has 204 valence electrons. The van der Waals surface area contributed by atoms with E-state index in [0.29, 0.717) is 22.5 Å². The molecule has 0 unspecified atom stereocenters. The highest BCUT2D eigenvalue weighted by Crippen LogP contribution is 2.30. The second-order valence-corrected chi connectivity index (χ2v) is 8.70. The summed E-state index contributed by atoms with van der Waals surface area (Å²) in [5.41, 5.74) is 1.08. The number of anilines is 4. The second kappa shape index (κ2) is 11.2. The molecule has 1 heterocycles. The van der Waals surface area contributed by atoms with Crippen molar-refractivity contribution < 1.29 is 27.7 Å². The summed E-state index contributed by atoms with van der Waals surface area (Å²) in [6, 6.07) is 13.3. The first-order chi connectivity index (χ1) is 18.9. The fourth-order valence-electron chi connectivity index (χ4n) is 3.59. The van der Waals surface area contributed by atoms with Gasteiger partial charge in [-0.1, -0.05) is 18.2 Å². The standard InChI is InChI=1S/C27H21F3N6O4/c1-15-6-8-20(33-24(37)17-4-3-5-19(10-17)27(28,29)30)11-22(15)35-25(38)18-13-31-26(32-14-18)34-21-9-7-16(2)23(12-21)36(39)40/h3-14H,1-2H3,(H,33,37)(H,35,38)(H,31,32,34). The fraction of sp³-hybridized carbons (Fsp3) is 0.111. The second-order valence-electron chi connectivity index (χ2n) is 8.70. The highest BCUT2D eigenvalue weighted by Gasteiger charge is 2.31. The maximum absolute atomic E-state index is 13.0. The van der Waals surface area contributed by atoms with Gasteiger partial charge in [0.05, 0.1) is 16.1 Å². The van der Waals surface area contributed by atoms with Gasteiger partial charge < -0.3 is 16.0 Å². The molecule has 0 radical (unpaired) electrons. The first kappa shape index (κ1) is 27.7. The minimum atomic E-state index is -4.59. The number of amides is 2. The molecule has 0 aliphatic carbocycles. The van der Waals surface area contributed by atoms with Crippen molar-refractivity contribution >= 4 is 40.5 Å². The molecule has 0 spiro atoms. The maximum Gasteiger partial charge on any atom is 0.416 e. The van der Waals surface area contributed by atoms with Gasteiger partial charge >= 0.3 is 6.18 Å². The van der Waals surface area contributed by atoms with Crippen LogP contribution in [0, 0.1) is 24.0 Å². The number of halogens is 3. The molecule has 0 bridgehead atoms. The zero-order valence-electron chi connectivity index (χ0n) is 21.0. The van der Waals surface area contributed by atoms with E-state index in [9.17, 15) is 32.9 Å². The fourth-order valence-corrected chi connectivity index (χ4v) is 3.59. The number of nitrogens with one attached hydrogen (secondary N) is 3. The molecule has 3 N–H and O–H groups in total. The number of aromatic nitrogens is 2. The lowest BCUT2D eigenvalue weighted by Gasteiger charge is -2.13. The third-order valence-electron chi connectivity index (χ3n) is 5.77. The molecular formula is C27H21F3N6O4. The summed E-state index contributed by atoms with van der Waals surface area (Å²) in [5, 5.41) is 19.2. The molecule has 10 nitrogen and oxygen atoms in total. The molecule has 1 aromatic heterocycles. The molecule has 0 aliphatic rings. The molecule has 40 heavy (non-hydrogen) atoms. The number of aryl methyl sites for hydroxylation is 2. The zero-order valence-corrected chi connectivity index (χ0v) is 21.0. The largest absolute Gasteiger partial charge is 0.416 e. The van der Waals surface area contributed by atoms with Crippen LogP contribution in [0.3, 0.4) is 0 Å². The number of nitro groups is 1. The van der Waals surface area contributed by atoms with E-state index in [0.717, 1.165) is 18.2 Å². The van der Waals surface area contributed by atoms with Gasteiger partial charge in [0.2, 0.25) is 5.95 Å². The van der Waals surface area contributed by atoms with Gasteiger partial charge in [-0.15, -0.1) is 0 Å². The third-order valence-corrected chi connectivity index (χ3v) is 5.77. The normalized spacial score (nSPS) is 11.0. The van der Waals surface area contributed by atoms with Crippen molar-refractivity contribution in [3.8, 4) is 0 Å². The number of nitro benzene ring substituents is 1. The Morgan fingerprint density at radius 3 is 2.15 bits per heavy atom. The van der Waals surface area contributed by atoms with Crippen LogP contribution in [-0.4, -0.2) is 26.7 Å². The topological polar surface area (TPSA) is 139 Å². The van der Waals surface area contributed by atoms with E-state index < -0.39 is 28.5 Å². The lowest BCUT2D eigenvalue weighted by atomic mass is 10.1. The van der Waals surface area contributed by atoms with Crippen molar-refractivity contribution in [1.29, 1.82) is 0 Å². The Balaban J connectivity index is 1.44. The van der Waals surface area contributed by atoms with Gasteiger partial charge in [0.1, 0.15) is 0 Å². The monoisotopic (exact) mass is 550 g/mol. The SMILES string of the molecule is Cc1ccc(NC(=O)c2cccc(C(F)(F)F)c2)cc1NC(=O)c1cnc(Nc2ccc(C)c([N+](=O)[O-])c2)nc1. The number of hydrogen-bond acceptors (Lipinski definition) is 7. The quantitative estimate of drug-likeness (QED) is 0.182. The molecule has 13 heteroatoms. The van der Waals surface area contributed by atoms with E-state index in [1.807, 2.05) is 0 Å². The Morgan fingerprint density at radius 1 is 0.825 bits per heavy atom. The van der Waals surface area contributed by atoms with Crippen molar-refractivity contribution in [3.05, 3.63) is 111 Å². The van der Waals surface area contributed by atoms with Crippen molar-refractivity contribution in [2.45, 2.75) is 20.0 Å². The maximum atomic E-state index is 13.0. The molecule has 4 aromatic rings. The molecule has 0 atom stereocenters. The summed E-state index contributed by atoms with van der Waals surface area (Å²) >= 11 is 0. The van der Waals surface area contributed by atoms with Gasteiger partial charge in [-0.05, 0) is 55.8 Å². The molecule has 0 fully saturated rings. The summed E-state index contributed by atoms with van der Waals surface area (Å²) in [4.78, 5) is 44.2. The molecule has 2 amide bonds. The van der Waals surface area contributed by atoms with E-state index in [2.05, 4.69) is 25.9 Å². The zero-order chi connectivity index (χ0) is 29.0. The van der Waals surface area contributed by atoms with Crippen molar-refractivity contribution in [1.82, 2.24) is 9.97 Å². The Labute approximate surface area is 225 Å². The van der Waals surface area contributed by atoms with Gasteiger partial charge in [-0.2, -0.15) is 13.2 Å². The van der Waals surface area contributed by atoms with Gasteiger partial charge in [0.25, 0.3) is 17.5 Å². The Morgan fingerprint density at radius 2 is 1.48 bits per heavy atom. The minimum absolute atomic E-state index is 0.0652. The Bertz CT molecular complexity index is 1610. The highest BCUT2D eigenvalue weighted by molar-refractivity contribution is 6.06. The van der Waals surface area contributed by atoms with Crippen LogP contribution >= 0.6 is 0 Å². The summed E-state index contributed by atoms with van der Waals surface area (Å²) in [5.74, 6) is -1.19. The van der Waals surface area contributed by atoms with Crippen molar-refractivity contribution in [2.75, 3.05) is 16.0 Å². The number of alkyl halides is 3. The summed E-state index contributed by atoms with van der Waals surface area (Å²) < 4.78 is 39.0. The first-order valence-electron chi connectivity index (χ1n) is 11.7. The smallest absolute Gasteiger partial charge is 0.324 e. The number of rotatable bonds is 7. The Kier molecular flexibility index (Phi) is 7.75. The van der Waals surface area contributed by atoms with Crippen LogP contribution in [0.25, 0.3) is 0 Å². The lowest BCUT2D eigenvalue weighted by Crippen LogP contribution is -2.16. The van der Waals surface area contributed by atoms with E-state index in [1.165, 1.54) is 30.6 Å². The average molecular weight is 550 g/mol. The number of benzene rings is 3. The first-order valence-corrected chi connectivity index (χ1v) is 11.7. The average Bonchev–Trinajstić information content (AvgIpc) is 2.91. The molecule has 0 aliphatic heterocycles. The van der Waals surface area contributed by atoms with Crippen LogP contribution in [0.15, 0.2) is 73.1 Å². The number of carbonyl (C=O) groups is 2. The number of hydrogen-bond donors (Lipinski definition) is 3. The van der Waals surface area contributed by atoms with Crippen LogP contribution in [0.5, 0.6) is 0 Å². The van der Waals surface area contributed by atoms with Crippen LogP contribution in [0.1, 0.15) is 37.4 Å². The van der Waals surface area contributed by atoms with Gasteiger partial charge in [0, 0.05) is 46.6 Å². The number of nitrogens with zero attached hydrogens (tertiary/aromatic N) is 3. The Hall–Kier alpha value is -5.33. The molecule has 4 rings (SSSR count). The molecule has 0 saturated carbocycles. The number of carbonyl (C=O) groups excluding carboxylic acids is 2. The van der Waals surface area contributed by atoms with Crippen LogP contribution in [0.2, 0.25) is 0 Å². The third kappa shape index (κ3) is 6.56. The van der Waals surface area contributed by atoms with Crippen molar-refractivity contribution in [2.24, 2.45) is 0 Å². The van der Waals surface area contributed by atoms with E-state index in [4.69, 9.17) is 0 Å². The minimum Gasteiger partial charge on any atom is -0.324 e. The highest BCUT2D eigenvalue weighted by atomic mass is 19.4. The van der Waals surface area contributed by atoms with Gasteiger partial charge in [-0.3, -0.25) is 19.7 Å². The molecule has 0 saturated heterocycles. The summed E-state index contributed by atoms with van der Waals surface area (Å²) in [6.45, 7) is 3.34. The summed E-state index contributed by atoms with van der Waals surface area (Å²) in [6.07, 6.45) is -2.05. The predicted molar refractivity (Wildman–Crippen MR) is 142 cm³/mol. The van der Waals surface area contributed by atoms with Gasteiger partial charge in [0.15, 0.2) is 0 Å². The van der Waals surface area contributed by atoms with Crippen LogP contribution in [0.4, 0.5) is 41.9 Å². The summed E-state index contributed by atoms with van der Waals surface area (Å²) in [7, 11) is 0. The lowest BCUT2D eigenvalue weighted by molar-refractivity contribution is -0.385. The van der Waals surface area contributed by atoms with E-state index in [1.54, 1.807) is 38.1 Å². The van der Waals surface area contributed by atoms with Gasteiger partial charge in [-0.25, -0.2) is 9.97 Å². The van der Waals surface area contributed by atoms with E-state index in [-0.39, 0.29) is 28.5 Å². The molecule has 3 aromatic carbocycles. The van der Waals surface area contributed by atoms with Crippen molar-refractivity contribution in [3.63, 3.8) is 0 Å². The van der Waals surface area contributed by atoms with Crippen LogP contribution in [-0.2, 0) is 6.18 Å². The van der Waals surface area contributed by atoms with Crippen LogP contribution < -0.4 is 16.0 Å². The van der Waals surface area contributed by atoms with E-state index >= 15 is 0 Å². The molecular weight excluding hydrogens is 529 g/mol.